The molecule has 156 valence electrons. The molecule has 4 heterocycles. The largest absolute Gasteiger partial charge is 0.416 e. The first kappa shape index (κ1) is 18.9. The van der Waals surface area contributed by atoms with Gasteiger partial charge in [-0.2, -0.15) is 28.2 Å². The number of nitrogens with zero attached hydrogens (tertiary/aromatic N) is 6. The molecule has 0 unspecified atom stereocenters. The lowest BCUT2D eigenvalue weighted by molar-refractivity contribution is -0.137. The third-order valence-corrected chi connectivity index (χ3v) is 5.46. The van der Waals surface area contributed by atoms with Crippen LogP contribution in [0.2, 0.25) is 5.28 Å². The maximum Gasteiger partial charge on any atom is 0.416 e. The number of halogens is 4. The first-order chi connectivity index (χ1) is 14.3. The van der Waals surface area contributed by atoms with Crippen molar-refractivity contribution in [3.05, 3.63) is 41.3 Å². The molecule has 2 saturated heterocycles. The number of fused-ring (bicyclic) bond motifs is 1. The van der Waals surface area contributed by atoms with Crippen LogP contribution in [-0.4, -0.2) is 62.9 Å². The Labute approximate surface area is 173 Å². The minimum Gasteiger partial charge on any atom is -0.352 e. The number of carbonyl (C=O) groups excluding carboxylic acids is 1. The zero-order chi connectivity index (χ0) is 21.0. The van der Waals surface area contributed by atoms with Crippen LogP contribution in [0.3, 0.4) is 0 Å². The minimum atomic E-state index is -4.47. The molecule has 0 bridgehead atoms. The van der Waals surface area contributed by atoms with Gasteiger partial charge in [0.25, 0.3) is 0 Å². The van der Waals surface area contributed by atoms with Crippen molar-refractivity contribution in [3.63, 3.8) is 0 Å². The summed E-state index contributed by atoms with van der Waals surface area (Å²) in [6.07, 6.45) is -2.96. The molecule has 1 N–H and O–H groups in total. The first-order valence-electron chi connectivity index (χ1n) is 9.19. The predicted octanol–water partition coefficient (Wildman–Crippen LogP) is 2.70. The molecular weight excluding hydrogens is 423 g/mol. The van der Waals surface area contributed by atoms with E-state index in [0.717, 1.165) is 12.1 Å². The number of amides is 2. The van der Waals surface area contributed by atoms with Gasteiger partial charge in [-0.15, -0.1) is 0 Å². The molecule has 2 amide bonds. The van der Waals surface area contributed by atoms with Crippen molar-refractivity contribution >= 4 is 34.5 Å². The summed E-state index contributed by atoms with van der Waals surface area (Å²) in [5.74, 6) is 0.541. The van der Waals surface area contributed by atoms with E-state index in [2.05, 4.69) is 20.4 Å². The van der Waals surface area contributed by atoms with E-state index in [1.54, 1.807) is 4.90 Å². The van der Waals surface area contributed by atoms with Gasteiger partial charge in [0.15, 0.2) is 5.65 Å². The van der Waals surface area contributed by atoms with Gasteiger partial charge in [0.2, 0.25) is 5.28 Å². The van der Waals surface area contributed by atoms with E-state index >= 15 is 0 Å². The van der Waals surface area contributed by atoms with Crippen LogP contribution < -0.4 is 10.2 Å². The summed E-state index contributed by atoms with van der Waals surface area (Å²) in [4.78, 5) is 24.0. The van der Waals surface area contributed by atoms with E-state index in [-0.39, 0.29) is 23.0 Å². The van der Waals surface area contributed by atoms with Crippen LogP contribution in [-0.2, 0) is 6.18 Å². The van der Waals surface area contributed by atoms with Crippen LogP contribution >= 0.6 is 11.6 Å². The zero-order valence-electron chi connectivity index (χ0n) is 15.4. The van der Waals surface area contributed by atoms with E-state index in [1.807, 2.05) is 4.90 Å². The van der Waals surface area contributed by atoms with Gasteiger partial charge in [-0.3, -0.25) is 0 Å². The number of hydrogen-bond acceptors (Lipinski definition) is 5. The summed E-state index contributed by atoms with van der Waals surface area (Å²) in [6, 6.07) is 4.82. The molecular formula is C18H15ClF3N7O. The average Bonchev–Trinajstić information content (AvgIpc) is 3.26. The normalized spacial score (nSPS) is 17.5. The summed E-state index contributed by atoms with van der Waals surface area (Å²) in [6.45, 7) is 2.43. The van der Waals surface area contributed by atoms with Crippen molar-refractivity contribution in [1.82, 2.24) is 30.0 Å². The molecule has 2 aliphatic rings. The number of urea groups is 1. The van der Waals surface area contributed by atoms with E-state index in [4.69, 9.17) is 11.6 Å². The highest BCUT2D eigenvalue weighted by molar-refractivity contribution is 6.28. The fourth-order valence-electron chi connectivity index (χ4n) is 3.77. The molecule has 5 rings (SSSR count). The number of anilines is 1. The first-order valence-corrected chi connectivity index (χ1v) is 9.57. The molecule has 0 radical (unpaired) electrons. The van der Waals surface area contributed by atoms with Crippen LogP contribution in [0.25, 0.3) is 16.7 Å². The highest BCUT2D eigenvalue weighted by Gasteiger charge is 2.38. The maximum absolute atomic E-state index is 13.1. The second kappa shape index (κ2) is 6.73. The SMILES string of the molecule is O=C1NCCN1C1CN(c2nc(Cl)nc3c2cnn3-c2cccc(C(F)(F)F)c2)C1. The highest BCUT2D eigenvalue weighted by Crippen LogP contribution is 2.33. The topological polar surface area (TPSA) is 79.2 Å². The van der Waals surface area contributed by atoms with Crippen LogP contribution in [0.1, 0.15) is 5.56 Å². The number of aromatic nitrogens is 4. The molecule has 2 aliphatic heterocycles. The number of benzene rings is 1. The Bertz CT molecular complexity index is 1140. The fourth-order valence-corrected chi connectivity index (χ4v) is 3.93. The van der Waals surface area contributed by atoms with Crippen LogP contribution in [0.15, 0.2) is 30.5 Å². The molecule has 30 heavy (non-hydrogen) atoms. The molecule has 1 aromatic carbocycles. The van der Waals surface area contributed by atoms with Gasteiger partial charge in [-0.25, -0.2) is 9.48 Å². The van der Waals surface area contributed by atoms with Gasteiger partial charge in [-0.1, -0.05) is 6.07 Å². The molecule has 0 atom stereocenters. The Morgan fingerprint density at radius 2 is 2.00 bits per heavy atom. The minimum absolute atomic E-state index is 0.0337. The monoisotopic (exact) mass is 437 g/mol. The summed E-state index contributed by atoms with van der Waals surface area (Å²) >= 11 is 6.11. The molecule has 0 spiro atoms. The maximum atomic E-state index is 13.1. The standard InChI is InChI=1S/C18H15ClF3N7O/c19-16-25-14(27-8-12(9-27)28-5-4-23-17(28)30)13-7-24-29(15(13)26-16)11-3-1-2-10(6-11)18(20,21)22/h1-3,6-7,12H,4-5,8-9H2,(H,23,30). The summed E-state index contributed by atoms with van der Waals surface area (Å²) in [5.41, 5.74) is -0.249. The molecule has 2 aromatic heterocycles. The van der Waals surface area contributed by atoms with Gasteiger partial charge in [0.05, 0.1) is 28.9 Å². The third-order valence-electron chi connectivity index (χ3n) is 5.29. The number of carbonyl (C=O) groups is 1. The molecule has 0 saturated carbocycles. The molecule has 3 aromatic rings. The third kappa shape index (κ3) is 3.09. The number of nitrogens with one attached hydrogen (secondary N) is 1. The van der Waals surface area contributed by atoms with E-state index < -0.39 is 11.7 Å². The number of hydrogen-bond donors (Lipinski definition) is 1. The van der Waals surface area contributed by atoms with Gasteiger partial charge in [0, 0.05) is 26.2 Å². The summed E-state index contributed by atoms with van der Waals surface area (Å²) in [5, 5.41) is 7.54. The Morgan fingerprint density at radius 3 is 2.70 bits per heavy atom. The van der Waals surface area contributed by atoms with Gasteiger partial charge in [-0.05, 0) is 29.8 Å². The predicted molar refractivity (Wildman–Crippen MR) is 103 cm³/mol. The van der Waals surface area contributed by atoms with E-state index in [9.17, 15) is 18.0 Å². The Morgan fingerprint density at radius 1 is 1.20 bits per heavy atom. The second-order valence-electron chi connectivity index (χ2n) is 7.14. The quantitative estimate of drug-likeness (QED) is 0.637. The van der Waals surface area contributed by atoms with Crippen molar-refractivity contribution in [2.45, 2.75) is 12.2 Å². The van der Waals surface area contributed by atoms with Crippen LogP contribution in [0, 0.1) is 0 Å². The summed E-state index contributed by atoms with van der Waals surface area (Å²) < 4.78 is 40.6. The van der Waals surface area contributed by atoms with Gasteiger partial charge >= 0.3 is 12.2 Å². The molecule has 12 heteroatoms. The van der Waals surface area contributed by atoms with Crippen molar-refractivity contribution in [2.75, 3.05) is 31.1 Å². The van der Waals surface area contributed by atoms with Gasteiger partial charge < -0.3 is 15.1 Å². The number of rotatable bonds is 3. The number of alkyl halides is 3. The van der Waals surface area contributed by atoms with Crippen molar-refractivity contribution < 1.29 is 18.0 Å². The van der Waals surface area contributed by atoms with E-state index in [0.29, 0.717) is 43.0 Å². The van der Waals surface area contributed by atoms with Gasteiger partial charge in [0.1, 0.15) is 5.82 Å². The second-order valence-corrected chi connectivity index (χ2v) is 7.48. The van der Waals surface area contributed by atoms with Crippen LogP contribution in [0.5, 0.6) is 0 Å². The lowest BCUT2D eigenvalue weighted by Crippen LogP contribution is -2.60. The van der Waals surface area contributed by atoms with Crippen LogP contribution in [0.4, 0.5) is 23.8 Å². The zero-order valence-corrected chi connectivity index (χ0v) is 16.2. The Hall–Kier alpha value is -3.08. The Balaban J connectivity index is 1.48. The van der Waals surface area contributed by atoms with Crippen molar-refractivity contribution in [1.29, 1.82) is 0 Å². The smallest absolute Gasteiger partial charge is 0.352 e. The fraction of sp³-hybridized carbons (Fsp3) is 0.333. The molecule has 2 fully saturated rings. The Kier molecular flexibility index (Phi) is 4.24. The summed E-state index contributed by atoms with van der Waals surface area (Å²) in [7, 11) is 0. The van der Waals surface area contributed by atoms with E-state index in [1.165, 1.54) is 23.0 Å². The molecule has 8 nitrogen and oxygen atoms in total. The van der Waals surface area contributed by atoms with Crippen molar-refractivity contribution in [2.24, 2.45) is 0 Å². The molecule has 0 aliphatic carbocycles. The highest BCUT2D eigenvalue weighted by atomic mass is 35.5. The van der Waals surface area contributed by atoms with Crippen molar-refractivity contribution in [3.8, 4) is 5.69 Å². The lowest BCUT2D eigenvalue weighted by atomic mass is 10.1. The average molecular weight is 438 g/mol. The lowest BCUT2D eigenvalue weighted by Gasteiger charge is -2.44.